The van der Waals surface area contributed by atoms with Crippen molar-refractivity contribution in [2.24, 2.45) is 5.73 Å². The van der Waals surface area contributed by atoms with Crippen molar-refractivity contribution >= 4 is 5.97 Å². The Morgan fingerprint density at radius 3 is 2.18 bits per heavy atom. The summed E-state index contributed by atoms with van der Waals surface area (Å²) in [6.07, 6.45) is -4.85. The maximum absolute atomic E-state index is 12.3. The van der Waals surface area contributed by atoms with Crippen LogP contribution >= 0.6 is 0 Å². The molecule has 102 valence electrons. The Labute approximate surface area is 97.0 Å². The standard InChI is InChI=1S/C9H16F3NO4/c1-8(13,9(10,11)12)7(14)17-6-5-16-4-3-15-2/h3-6,13H2,1-2H3. The van der Waals surface area contributed by atoms with E-state index in [4.69, 9.17) is 10.5 Å². The Morgan fingerprint density at radius 1 is 1.18 bits per heavy atom. The highest BCUT2D eigenvalue weighted by atomic mass is 19.4. The fourth-order valence-electron chi connectivity index (χ4n) is 0.703. The van der Waals surface area contributed by atoms with Crippen LogP contribution in [0.15, 0.2) is 0 Å². The number of methoxy groups -OCH3 is 1. The summed E-state index contributed by atoms with van der Waals surface area (Å²) in [6, 6.07) is 0. The molecule has 2 N–H and O–H groups in total. The quantitative estimate of drug-likeness (QED) is 0.531. The predicted octanol–water partition coefficient (Wildman–Crippen LogP) is 0.472. The van der Waals surface area contributed by atoms with E-state index in [1.807, 2.05) is 0 Å². The first kappa shape index (κ1) is 16.1. The molecular weight excluding hydrogens is 243 g/mol. The molecule has 17 heavy (non-hydrogen) atoms. The lowest BCUT2D eigenvalue weighted by atomic mass is 10.0. The molecule has 0 heterocycles. The second kappa shape index (κ2) is 6.77. The van der Waals surface area contributed by atoms with Gasteiger partial charge in [-0.15, -0.1) is 0 Å². The van der Waals surface area contributed by atoms with Gasteiger partial charge in [-0.1, -0.05) is 0 Å². The van der Waals surface area contributed by atoms with Crippen molar-refractivity contribution in [3.05, 3.63) is 0 Å². The van der Waals surface area contributed by atoms with Gasteiger partial charge in [0.1, 0.15) is 6.61 Å². The fourth-order valence-corrected chi connectivity index (χ4v) is 0.703. The smallest absolute Gasteiger partial charge is 0.416 e. The maximum Gasteiger partial charge on any atom is 0.416 e. The molecule has 0 aliphatic carbocycles. The topological polar surface area (TPSA) is 70.8 Å². The number of carbonyl (C=O) groups is 1. The molecule has 0 aromatic rings. The Morgan fingerprint density at radius 2 is 1.71 bits per heavy atom. The molecular formula is C9H16F3NO4. The first-order valence-corrected chi connectivity index (χ1v) is 4.83. The van der Waals surface area contributed by atoms with Crippen LogP contribution in [0.5, 0.6) is 0 Å². The van der Waals surface area contributed by atoms with Crippen LogP contribution in [0.2, 0.25) is 0 Å². The molecule has 1 atom stereocenters. The van der Waals surface area contributed by atoms with Crippen LogP contribution in [0.4, 0.5) is 13.2 Å². The van der Waals surface area contributed by atoms with E-state index in [0.717, 1.165) is 0 Å². The molecule has 0 saturated heterocycles. The monoisotopic (exact) mass is 259 g/mol. The van der Waals surface area contributed by atoms with Crippen LogP contribution in [0.25, 0.3) is 0 Å². The summed E-state index contributed by atoms with van der Waals surface area (Å²) < 4.78 is 50.8. The van der Waals surface area contributed by atoms with Gasteiger partial charge in [0.25, 0.3) is 0 Å². The van der Waals surface area contributed by atoms with Crippen molar-refractivity contribution in [3.63, 3.8) is 0 Å². The minimum absolute atomic E-state index is 0.0109. The molecule has 0 aromatic heterocycles. The zero-order valence-corrected chi connectivity index (χ0v) is 9.67. The number of nitrogens with two attached hydrogens (primary N) is 1. The van der Waals surface area contributed by atoms with E-state index < -0.39 is 17.7 Å². The van der Waals surface area contributed by atoms with Crippen LogP contribution in [-0.4, -0.2) is 51.2 Å². The molecule has 0 bridgehead atoms. The summed E-state index contributed by atoms with van der Waals surface area (Å²) in [5.74, 6) is -1.53. The Hall–Kier alpha value is -0.860. The van der Waals surface area contributed by atoms with Crippen molar-refractivity contribution in [3.8, 4) is 0 Å². The molecule has 0 aromatic carbocycles. The first-order valence-electron chi connectivity index (χ1n) is 4.83. The third-order valence-electron chi connectivity index (χ3n) is 1.91. The maximum atomic E-state index is 12.3. The van der Waals surface area contributed by atoms with E-state index in [1.54, 1.807) is 0 Å². The average molecular weight is 259 g/mol. The van der Waals surface area contributed by atoms with Crippen molar-refractivity contribution in [2.75, 3.05) is 33.5 Å². The van der Waals surface area contributed by atoms with E-state index in [9.17, 15) is 18.0 Å². The number of hydrogen-bond donors (Lipinski definition) is 1. The van der Waals surface area contributed by atoms with Gasteiger partial charge in [0.05, 0.1) is 19.8 Å². The van der Waals surface area contributed by atoms with E-state index in [2.05, 4.69) is 9.47 Å². The Balaban J connectivity index is 3.87. The number of carbonyl (C=O) groups excluding carboxylic acids is 1. The van der Waals surface area contributed by atoms with Crippen LogP contribution in [-0.2, 0) is 19.0 Å². The summed E-state index contributed by atoms with van der Waals surface area (Å²) >= 11 is 0. The number of hydrogen-bond acceptors (Lipinski definition) is 5. The largest absolute Gasteiger partial charge is 0.462 e. The zero-order chi connectivity index (χ0) is 13.5. The summed E-state index contributed by atoms with van der Waals surface area (Å²) in [4.78, 5) is 11.1. The molecule has 0 aliphatic heterocycles. The van der Waals surface area contributed by atoms with Gasteiger partial charge in [-0.2, -0.15) is 13.2 Å². The lowest BCUT2D eigenvalue weighted by Gasteiger charge is -2.25. The summed E-state index contributed by atoms with van der Waals surface area (Å²) in [5.41, 5.74) is 1.84. The first-order chi connectivity index (χ1) is 7.73. The minimum atomic E-state index is -4.85. The molecule has 0 fully saturated rings. The molecule has 0 radical (unpaired) electrons. The molecule has 8 heteroatoms. The highest BCUT2D eigenvalue weighted by Gasteiger charge is 2.55. The number of halogens is 3. The molecule has 5 nitrogen and oxygen atoms in total. The lowest BCUT2D eigenvalue weighted by Crippen LogP contribution is -2.58. The van der Waals surface area contributed by atoms with E-state index in [-0.39, 0.29) is 19.8 Å². The molecule has 0 rings (SSSR count). The number of esters is 1. The van der Waals surface area contributed by atoms with Crippen molar-refractivity contribution in [1.29, 1.82) is 0 Å². The lowest BCUT2D eigenvalue weighted by molar-refractivity contribution is -0.202. The van der Waals surface area contributed by atoms with Gasteiger partial charge >= 0.3 is 12.1 Å². The van der Waals surface area contributed by atoms with E-state index in [1.165, 1.54) is 7.11 Å². The third kappa shape index (κ3) is 5.33. The zero-order valence-electron chi connectivity index (χ0n) is 9.67. The second-order valence-corrected chi connectivity index (χ2v) is 3.44. The van der Waals surface area contributed by atoms with Gasteiger partial charge < -0.3 is 19.9 Å². The van der Waals surface area contributed by atoms with Gasteiger partial charge in [-0.05, 0) is 6.92 Å². The number of rotatable bonds is 7. The van der Waals surface area contributed by atoms with Crippen LogP contribution in [0, 0.1) is 0 Å². The molecule has 0 spiro atoms. The molecule has 0 aliphatic rings. The van der Waals surface area contributed by atoms with Crippen LogP contribution < -0.4 is 5.73 Å². The summed E-state index contributed by atoms with van der Waals surface area (Å²) in [6.45, 7) is 0.883. The SMILES string of the molecule is COCCOCCOC(=O)C(C)(N)C(F)(F)F. The Kier molecular flexibility index (Phi) is 6.43. The minimum Gasteiger partial charge on any atom is -0.462 e. The molecule has 0 saturated carbocycles. The van der Waals surface area contributed by atoms with Crippen molar-refractivity contribution < 1.29 is 32.2 Å². The number of alkyl halides is 3. The highest BCUT2D eigenvalue weighted by Crippen LogP contribution is 2.28. The molecule has 1 unspecified atom stereocenters. The van der Waals surface area contributed by atoms with Crippen LogP contribution in [0.3, 0.4) is 0 Å². The van der Waals surface area contributed by atoms with Gasteiger partial charge in [-0.25, -0.2) is 4.79 Å². The van der Waals surface area contributed by atoms with E-state index in [0.29, 0.717) is 13.5 Å². The second-order valence-electron chi connectivity index (χ2n) is 3.44. The predicted molar refractivity (Wildman–Crippen MR) is 52.3 cm³/mol. The fraction of sp³-hybridized carbons (Fsp3) is 0.889. The Bertz CT molecular complexity index is 243. The number of ether oxygens (including phenoxy) is 3. The van der Waals surface area contributed by atoms with Crippen LogP contribution in [0.1, 0.15) is 6.92 Å². The molecule has 0 amide bonds. The van der Waals surface area contributed by atoms with Gasteiger partial charge in [0.15, 0.2) is 0 Å². The summed E-state index contributed by atoms with van der Waals surface area (Å²) in [7, 11) is 1.48. The van der Waals surface area contributed by atoms with Crippen molar-refractivity contribution in [1.82, 2.24) is 0 Å². The summed E-state index contributed by atoms with van der Waals surface area (Å²) in [5, 5.41) is 0. The highest BCUT2D eigenvalue weighted by molar-refractivity contribution is 5.81. The van der Waals surface area contributed by atoms with E-state index >= 15 is 0 Å². The average Bonchev–Trinajstić information content (AvgIpc) is 2.21. The normalized spacial score (nSPS) is 15.4. The van der Waals surface area contributed by atoms with Gasteiger partial charge in [-0.3, -0.25) is 0 Å². The van der Waals surface area contributed by atoms with Gasteiger partial charge in [0, 0.05) is 7.11 Å². The third-order valence-corrected chi connectivity index (χ3v) is 1.91. The van der Waals surface area contributed by atoms with Gasteiger partial charge in [0.2, 0.25) is 5.54 Å². The van der Waals surface area contributed by atoms with Crippen molar-refractivity contribution in [2.45, 2.75) is 18.6 Å².